The molecule has 0 fully saturated rings. The van der Waals surface area contributed by atoms with Crippen LogP contribution in [-0.2, 0) is 13.0 Å². The van der Waals surface area contributed by atoms with Crippen LogP contribution in [0.15, 0.2) is 18.2 Å². The number of anilines is 1. The molecule has 24 heavy (non-hydrogen) atoms. The van der Waals surface area contributed by atoms with Gasteiger partial charge in [-0.15, -0.1) is 12.4 Å². The maximum absolute atomic E-state index is 12.5. The summed E-state index contributed by atoms with van der Waals surface area (Å²) in [5.74, 6) is -0.532. The number of alkyl halides is 2. The van der Waals surface area contributed by atoms with Gasteiger partial charge in [-0.3, -0.25) is 9.89 Å². The van der Waals surface area contributed by atoms with Crippen LogP contribution in [0.4, 0.5) is 14.5 Å². The van der Waals surface area contributed by atoms with Crippen LogP contribution in [0.25, 0.3) is 0 Å². The van der Waals surface area contributed by atoms with Crippen molar-refractivity contribution in [2.75, 3.05) is 11.9 Å². The van der Waals surface area contributed by atoms with E-state index < -0.39 is 12.5 Å². The summed E-state index contributed by atoms with van der Waals surface area (Å²) in [7, 11) is 0. The predicted octanol–water partition coefficient (Wildman–Crippen LogP) is 2.64. The lowest BCUT2D eigenvalue weighted by Crippen LogP contribution is -2.25. The van der Waals surface area contributed by atoms with E-state index in [9.17, 15) is 13.6 Å². The molecule has 1 amide bonds. The molecule has 6 nitrogen and oxygen atoms in total. The van der Waals surface area contributed by atoms with Gasteiger partial charge >= 0.3 is 6.61 Å². The molecule has 0 atom stereocenters. The number of para-hydroxylation sites is 1. The third-order valence-electron chi connectivity index (χ3n) is 3.71. The Balaban J connectivity index is 0.00000208. The van der Waals surface area contributed by atoms with Gasteiger partial charge in [0.15, 0.2) is 5.69 Å². The first-order valence-electron chi connectivity index (χ1n) is 7.19. The number of hydrogen-bond acceptors (Lipinski definition) is 4. The summed E-state index contributed by atoms with van der Waals surface area (Å²) in [5, 5.41) is 12.7. The molecular formula is C15H17ClF2N4O2. The lowest BCUT2D eigenvalue weighted by Gasteiger charge is -2.15. The van der Waals surface area contributed by atoms with E-state index in [4.69, 9.17) is 0 Å². The zero-order valence-corrected chi connectivity index (χ0v) is 13.7. The first kappa shape index (κ1) is 18.2. The van der Waals surface area contributed by atoms with Crippen LogP contribution in [-0.4, -0.2) is 29.3 Å². The second-order valence-electron chi connectivity index (χ2n) is 5.24. The van der Waals surface area contributed by atoms with E-state index in [1.54, 1.807) is 19.1 Å². The molecule has 0 bridgehead atoms. The molecule has 0 unspecified atom stereocenters. The fourth-order valence-corrected chi connectivity index (χ4v) is 2.58. The highest BCUT2D eigenvalue weighted by Crippen LogP contribution is 2.30. The van der Waals surface area contributed by atoms with E-state index in [-0.39, 0.29) is 29.5 Å². The average molecular weight is 359 g/mol. The number of aromatic nitrogens is 2. The molecule has 0 radical (unpaired) electrons. The number of aryl methyl sites for hydroxylation is 1. The van der Waals surface area contributed by atoms with E-state index in [1.807, 2.05) is 0 Å². The number of rotatable bonds is 4. The number of nitrogens with one attached hydrogen (secondary N) is 3. The summed E-state index contributed by atoms with van der Waals surface area (Å²) in [6, 6.07) is 4.68. The highest BCUT2D eigenvalue weighted by Gasteiger charge is 2.23. The van der Waals surface area contributed by atoms with Crippen molar-refractivity contribution in [1.82, 2.24) is 15.5 Å². The van der Waals surface area contributed by atoms with Crippen molar-refractivity contribution >= 4 is 24.0 Å². The molecule has 0 saturated carbocycles. The number of amides is 1. The standard InChI is InChI=1S/C15H16F2N4O2.ClH/c1-8-3-2-4-11(23-15(16)17)12(8)19-14(22)13-9-7-18-6-5-10(9)20-21-13;/h2-4,15,18H,5-7H2,1H3,(H,19,22)(H,20,21);1H. The number of fused-ring (bicyclic) bond motifs is 1. The van der Waals surface area contributed by atoms with Crippen LogP contribution >= 0.6 is 12.4 Å². The van der Waals surface area contributed by atoms with Crippen LogP contribution < -0.4 is 15.4 Å². The minimum Gasteiger partial charge on any atom is -0.433 e. The van der Waals surface area contributed by atoms with E-state index >= 15 is 0 Å². The number of ether oxygens (including phenoxy) is 1. The minimum atomic E-state index is -2.96. The van der Waals surface area contributed by atoms with E-state index in [0.717, 1.165) is 24.2 Å². The zero-order chi connectivity index (χ0) is 16.4. The molecule has 130 valence electrons. The smallest absolute Gasteiger partial charge is 0.387 e. The third kappa shape index (κ3) is 3.65. The largest absolute Gasteiger partial charge is 0.433 e. The van der Waals surface area contributed by atoms with Crippen LogP contribution in [0.5, 0.6) is 5.75 Å². The molecular weight excluding hydrogens is 342 g/mol. The Morgan fingerprint density at radius 1 is 1.42 bits per heavy atom. The fraction of sp³-hybridized carbons (Fsp3) is 0.333. The quantitative estimate of drug-likeness (QED) is 0.785. The summed E-state index contributed by atoms with van der Waals surface area (Å²) < 4.78 is 29.5. The second-order valence-corrected chi connectivity index (χ2v) is 5.24. The Morgan fingerprint density at radius 3 is 2.96 bits per heavy atom. The number of nitrogens with zero attached hydrogens (tertiary/aromatic N) is 1. The number of carbonyl (C=O) groups is 1. The van der Waals surface area contributed by atoms with Gasteiger partial charge in [-0.05, 0) is 18.6 Å². The molecule has 0 spiro atoms. The van der Waals surface area contributed by atoms with Crippen molar-refractivity contribution in [3.63, 3.8) is 0 Å². The molecule has 1 aliphatic rings. The SMILES string of the molecule is Cc1cccc(OC(F)F)c1NC(=O)c1n[nH]c2c1CNCC2.Cl. The molecule has 0 aliphatic carbocycles. The van der Waals surface area contributed by atoms with Gasteiger partial charge in [-0.1, -0.05) is 12.1 Å². The van der Waals surface area contributed by atoms with Crippen molar-refractivity contribution in [2.24, 2.45) is 0 Å². The summed E-state index contributed by atoms with van der Waals surface area (Å²) in [5.41, 5.74) is 2.83. The molecule has 0 saturated heterocycles. The van der Waals surface area contributed by atoms with Gasteiger partial charge in [0.25, 0.3) is 5.91 Å². The van der Waals surface area contributed by atoms with Crippen LogP contribution in [0.2, 0.25) is 0 Å². The van der Waals surface area contributed by atoms with Gasteiger partial charge in [-0.25, -0.2) is 0 Å². The molecule has 1 aromatic carbocycles. The Bertz CT molecular complexity index is 736. The van der Waals surface area contributed by atoms with E-state index in [1.165, 1.54) is 6.07 Å². The predicted molar refractivity (Wildman–Crippen MR) is 87.0 cm³/mol. The van der Waals surface area contributed by atoms with Crippen LogP contribution in [0.1, 0.15) is 27.3 Å². The number of aromatic amines is 1. The molecule has 3 rings (SSSR count). The second kappa shape index (κ2) is 7.59. The van der Waals surface area contributed by atoms with Crippen LogP contribution in [0, 0.1) is 6.92 Å². The van der Waals surface area contributed by atoms with Crippen molar-refractivity contribution in [3.8, 4) is 5.75 Å². The van der Waals surface area contributed by atoms with Gasteiger partial charge in [0.1, 0.15) is 5.75 Å². The molecule has 1 aliphatic heterocycles. The maximum atomic E-state index is 12.5. The molecule has 2 aromatic rings. The molecule has 3 N–H and O–H groups in total. The topological polar surface area (TPSA) is 79.0 Å². The minimum absolute atomic E-state index is 0. The first-order chi connectivity index (χ1) is 11.1. The van der Waals surface area contributed by atoms with Crippen LogP contribution in [0.3, 0.4) is 0 Å². The monoisotopic (exact) mass is 358 g/mol. The molecule has 1 aromatic heterocycles. The maximum Gasteiger partial charge on any atom is 0.387 e. The van der Waals surface area contributed by atoms with E-state index in [0.29, 0.717) is 12.1 Å². The van der Waals surface area contributed by atoms with Crippen molar-refractivity contribution < 1.29 is 18.3 Å². The number of H-pyrrole nitrogens is 1. The zero-order valence-electron chi connectivity index (χ0n) is 12.9. The lowest BCUT2D eigenvalue weighted by atomic mass is 10.1. The van der Waals surface area contributed by atoms with Gasteiger partial charge in [0, 0.05) is 30.8 Å². The first-order valence-corrected chi connectivity index (χ1v) is 7.19. The normalized spacial score (nSPS) is 13.2. The summed E-state index contributed by atoms with van der Waals surface area (Å²) in [6.07, 6.45) is 0.764. The number of carbonyl (C=O) groups excluding carboxylic acids is 1. The fourth-order valence-electron chi connectivity index (χ4n) is 2.58. The van der Waals surface area contributed by atoms with Crippen molar-refractivity contribution in [1.29, 1.82) is 0 Å². The number of benzene rings is 1. The Kier molecular flexibility index (Phi) is 5.74. The number of halogens is 3. The van der Waals surface area contributed by atoms with Gasteiger partial charge in [0.2, 0.25) is 0 Å². The third-order valence-corrected chi connectivity index (χ3v) is 3.71. The Morgan fingerprint density at radius 2 is 2.21 bits per heavy atom. The Hall–Kier alpha value is -2.19. The highest BCUT2D eigenvalue weighted by atomic mass is 35.5. The number of hydrogen-bond donors (Lipinski definition) is 3. The molecule has 2 heterocycles. The van der Waals surface area contributed by atoms with Crippen molar-refractivity contribution in [3.05, 3.63) is 40.7 Å². The summed E-state index contributed by atoms with van der Waals surface area (Å²) in [6.45, 7) is 0.105. The van der Waals surface area contributed by atoms with E-state index in [2.05, 4.69) is 25.6 Å². The average Bonchev–Trinajstić information content (AvgIpc) is 2.94. The molecule has 9 heteroatoms. The van der Waals surface area contributed by atoms with Gasteiger partial charge < -0.3 is 15.4 Å². The van der Waals surface area contributed by atoms with Gasteiger partial charge in [0.05, 0.1) is 5.69 Å². The highest BCUT2D eigenvalue weighted by molar-refractivity contribution is 6.05. The summed E-state index contributed by atoms with van der Waals surface area (Å²) >= 11 is 0. The van der Waals surface area contributed by atoms with Gasteiger partial charge in [-0.2, -0.15) is 13.9 Å². The summed E-state index contributed by atoms with van der Waals surface area (Å²) in [4.78, 5) is 12.5. The lowest BCUT2D eigenvalue weighted by molar-refractivity contribution is -0.0493. The Labute approximate surface area is 143 Å². The van der Waals surface area contributed by atoms with Crippen molar-refractivity contribution in [2.45, 2.75) is 26.5 Å².